The number of hydrogen-bond acceptors (Lipinski definition) is 0. The van der Waals surface area contributed by atoms with E-state index in [9.17, 15) is 0 Å². The Labute approximate surface area is 161 Å². The second-order valence-electron chi connectivity index (χ2n) is 7.74. The van der Waals surface area contributed by atoms with Crippen LogP contribution in [-0.4, -0.2) is 0 Å². The molecule has 0 fully saturated rings. The first kappa shape index (κ1) is 14.4. The molecule has 6 aromatic carbocycles. The van der Waals surface area contributed by atoms with E-state index in [2.05, 4.69) is 97.1 Å². The van der Waals surface area contributed by atoms with Gasteiger partial charge in [0.05, 0.1) is 0 Å². The lowest BCUT2D eigenvalue weighted by atomic mass is 9.87. The van der Waals surface area contributed by atoms with E-state index in [0.29, 0.717) is 0 Å². The van der Waals surface area contributed by atoms with Gasteiger partial charge < -0.3 is 0 Å². The van der Waals surface area contributed by atoms with Crippen molar-refractivity contribution in [3.8, 4) is 11.1 Å². The molecular weight excluding hydrogens is 336 g/mol. The zero-order chi connectivity index (χ0) is 18.2. The fourth-order valence-corrected chi connectivity index (χ4v) is 5.14. The molecule has 0 atom stereocenters. The maximum Gasteiger partial charge on any atom is -0.00201 e. The van der Waals surface area contributed by atoms with Crippen LogP contribution in [0.5, 0.6) is 0 Å². The molecule has 0 N–H and O–H groups in total. The van der Waals surface area contributed by atoms with Crippen LogP contribution in [0.4, 0.5) is 0 Å². The van der Waals surface area contributed by atoms with Crippen molar-refractivity contribution in [2.45, 2.75) is 0 Å². The Morgan fingerprint density at radius 2 is 1.00 bits per heavy atom. The predicted molar refractivity (Wildman–Crippen MR) is 117 cm³/mol. The van der Waals surface area contributed by atoms with Gasteiger partial charge in [-0.15, -0.1) is 0 Å². The minimum absolute atomic E-state index is 1.32. The maximum absolute atomic E-state index is 2.31. The smallest absolute Gasteiger partial charge is 0.00201 e. The van der Waals surface area contributed by atoms with Crippen LogP contribution in [0.1, 0.15) is 0 Å². The second kappa shape index (κ2) is 4.99. The highest BCUT2D eigenvalue weighted by Crippen LogP contribution is 2.40. The van der Waals surface area contributed by atoms with Gasteiger partial charge in [0.1, 0.15) is 0 Å². The monoisotopic (exact) mass is 352 g/mol. The number of fused-ring (bicyclic) bond motifs is 2. The number of hydrogen-bond donors (Lipinski definition) is 0. The highest BCUT2D eigenvalue weighted by atomic mass is 14.2. The van der Waals surface area contributed by atoms with Crippen LogP contribution in [0.3, 0.4) is 0 Å². The van der Waals surface area contributed by atoms with Crippen molar-refractivity contribution in [2.24, 2.45) is 0 Å². The lowest BCUT2D eigenvalue weighted by Gasteiger charge is -2.16. The van der Waals surface area contributed by atoms with Crippen molar-refractivity contribution in [1.29, 1.82) is 0 Å². The second-order valence-corrected chi connectivity index (χ2v) is 7.74. The standard InChI is InChI=1S/C28H16/c1-2-8-22-20(7-1)23-9-4-10-24(28(22)23)21-15-13-19-12-11-17-5-3-6-18-14-16-25(21)27(19)26(17)18/h1-16H. The molecule has 128 valence electrons. The number of rotatable bonds is 1. The molecule has 0 amide bonds. The summed E-state index contributed by atoms with van der Waals surface area (Å²) in [4.78, 5) is 0. The fraction of sp³-hybridized carbons (Fsp3) is 0. The summed E-state index contributed by atoms with van der Waals surface area (Å²) in [6.07, 6.45) is 0. The van der Waals surface area contributed by atoms with E-state index in [1.54, 1.807) is 0 Å². The molecule has 0 bridgehead atoms. The first-order chi connectivity index (χ1) is 13.9. The Balaban J connectivity index is 1.70. The van der Waals surface area contributed by atoms with E-state index in [-0.39, 0.29) is 0 Å². The summed E-state index contributed by atoms with van der Waals surface area (Å²) in [5, 5.41) is 13.6. The molecule has 1 aliphatic rings. The van der Waals surface area contributed by atoms with Gasteiger partial charge in [0.2, 0.25) is 0 Å². The Kier molecular flexibility index (Phi) is 2.57. The lowest BCUT2D eigenvalue weighted by molar-refractivity contribution is 1.29. The average molecular weight is 352 g/mol. The molecule has 0 saturated carbocycles. The van der Waals surface area contributed by atoms with Gasteiger partial charge in [-0.25, -0.2) is 0 Å². The van der Waals surface area contributed by atoms with Crippen molar-refractivity contribution in [3.63, 3.8) is 0 Å². The number of benzene rings is 6. The van der Waals surface area contributed by atoms with Gasteiger partial charge in [-0.05, 0) is 64.3 Å². The lowest BCUT2D eigenvalue weighted by Crippen LogP contribution is -1.95. The molecule has 0 heteroatoms. The van der Waals surface area contributed by atoms with Crippen molar-refractivity contribution < 1.29 is 0 Å². The Morgan fingerprint density at radius 1 is 0.357 bits per heavy atom. The Hall–Kier alpha value is -3.64. The maximum atomic E-state index is 2.31. The van der Waals surface area contributed by atoms with Crippen LogP contribution < -0.4 is 0 Å². The van der Waals surface area contributed by atoms with Crippen LogP contribution in [0.15, 0.2) is 97.1 Å². The van der Waals surface area contributed by atoms with E-state index in [1.807, 2.05) is 0 Å². The molecule has 28 heavy (non-hydrogen) atoms. The summed E-state index contributed by atoms with van der Waals surface area (Å²) in [6, 6.07) is 35.7. The van der Waals surface area contributed by atoms with Gasteiger partial charge >= 0.3 is 0 Å². The van der Waals surface area contributed by atoms with E-state index in [1.165, 1.54) is 64.3 Å². The van der Waals surface area contributed by atoms with E-state index >= 15 is 0 Å². The predicted octanol–water partition coefficient (Wildman–Crippen LogP) is 7.14. The van der Waals surface area contributed by atoms with Crippen molar-refractivity contribution >= 4 is 32.3 Å². The van der Waals surface area contributed by atoms with Gasteiger partial charge in [0.25, 0.3) is 0 Å². The Morgan fingerprint density at radius 3 is 1.86 bits per heavy atom. The molecule has 0 radical (unpaired) electrons. The third-order valence-corrected chi connectivity index (χ3v) is 6.37. The highest BCUT2D eigenvalue weighted by molar-refractivity contribution is 6.25. The van der Waals surface area contributed by atoms with Crippen molar-refractivity contribution in [1.82, 2.24) is 0 Å². The van der Waals surface area contributed by atoms with E-state index in [0.717, 1.165) is 0 Å². The molecule has 0 unspecified atom stereocenters. The zero-order valence-corrected chi connectivity index (χ0v) is 15.2. The zero-order valence-electron chi connectivity index (χ0n) is 15.2. The van der Waals surface area contributed by atoms with Crippen LogP contribution in [0, 0.1) is 20.9 Å². The summed E-state index contributed by atoms with van der Waals surface area (Å²) in [6.45, 7) is 0. The summed E-state index contributed by atoms with van der Waals surface area (Å²) >= 11 is 0. The third kappa shape index (κ3) is 1.66. The molecule has 6 aromatic rings. The first-order valence-electron chi connectivity index (χ1n) is 9.80. The summed E-state index contributed by atoms with van der Waals surface area (Å²) in [5.41, 5.74) is 2.67. The first-order valence-corrected chi connectivity index (χ1v) is 9.80. The molecule has 0 spiro atoms. The van der Waals surface area contributed by atoms with Gasteiger partial charge in [0.15, 0.2) is 0 Å². The van der Waals surface area contributed by atoms with Crippen molar-refractivity contribution in [2.75, 3.05) is 0 Å². The minimum atomic E-state index is 1.32. The molecule has 0 heterocycles. The normalized spacial score (nSPS) is 12.3. The van der Waals surface area contributed by atoms with E-state index in [4.69, 9.17) is 0 Å². The molecule has 0 nitrogen and oxygen atoms in total. The topological polar surface area (TPSA) is 0 Å². The Bertz CT molecular complexity index is 1740. The average Bonchev–Trinajstić information content (AvgIpc) is 2.75. The largest absolute Gasteiger partial charge is 0.0616 e. The molecule has 1 aliphatic carbocycles. The minimum Gasteiger partial charge on any atom is -0.0616 e. The summed E-state index contributed by atoms with van der Waals surface area (Å²) in [5.74, 6) is 0. The molecule has 0 aromatic heterocycles. The highest BCUT2D eigenvalue weighted by Gasteiger charge is 2.14. The summed E-state index contributed by atoms with van der Waals surface area (Å²) in [7, 11) is 0. The quantitative estimate of drug-likeness (QED) is 0.275. The van der Waals surface area contributed by atoms with Gasteiger partial charge in [-0.3, -0.25) is 0 Å². The van der Waals surface area contributed by atoms with Gasteiger partial charge in [-0.1, -0.05) is 97.1 Å². The third-order valence-electron chi connectivity index (χ3n) is 6.37. The SMILES string of the molecule is c1ccc2c(c1)=c1cccc(-c3ccc4ccc5cccc6ccc3c4c56)c1=2. The van der Waals surface area contributed by atoms with Crippen LogP contribution >= 0.6 is 0 Å². The van der Waals surface area contributed by atoms with Crippen LogP contribution in [0.25, 0.3) is 43.4 Å². The van der Waals surface area contributed by atoms with Crippen molar-refractivity contribution in [3.05, 3.63) is 118 Å². The molecule has 7 rings (SSSR count). The summed E-state index contributed by atoms with van der Waals surface area (Å²) < 4.78 is 0. The van der Waals surface area contributed by atoms with E-state index < -0.39 is 0 Å². The molecular formula is C28H16. The van der Waals surface area contributed by atoms with Crippen LogP contribution in [-0.2, 0) is 0 Å². The fourth-order valence-electron chi connectivity index (χ4n) is 5.14. The van der Waals surface area contributed by atoms with Crippen LogP contribution in [0.2, 0.25) is 0 Å². The van der Waals surface area contributed by atoms with Gasteiger partial charge in [0, 0.05) is 0 Å². The molecule has 0 aliphatic heterocycles. The molecule has 0 saturated heterocycles. The van der Waals surface area contributed by atoms with Gasteiger partial charge in [-0.2, -0.15) is 0 Å².